The average molecular weight is 256 g/mol. The predicted octanol–water partition coefficient (Wildman–Crippen LogP) is 3.15. The summed E-state index contributed by atoms with van der Waals surface area (Å²) in [7, 11) is 0. The van der Waals surface area contributed by atoms with Crippen molar-refractivity contribution >= 4 is 5.97 Å². The lowest BCUT2D eigenvalue weighted by molar-refractivity contribution is -0.172. The molecular weight excluding hydrogens is 228 g/mol. The Bertz CT molecular complexity index is 275. The summed E-state index contributed by atoms with van der Waals surface area (Å²) < 4.78 is 5.18. The van der Waals surface area contributed by atoms with E-state index >= 15 is 0 Å². The number of aliphatic hydroxyl groups is 1. The zero-order chi connectivity index (χ0) is 13.8. The number of carbonyl (C=O) groups is 1. The molecule has 3 heteroatoms. The maximum absolute atomic E-state index is 12.2. The van der Waals surface area contributed by atoms with E-state index in [4.69, 9.17) is 4.74 Å². The van der Waals surface area contributed by atoms with Crippen molar-refractivity contribution in [3.63, 3.8) is 0 Å². The van der Waals surface area contributed by atoms with E-state index in [-0.39, 0.29) is 23.7 Å². The molecule has 0 bridgehead atoms. The van der Waals surface area contributed by atoms with Gasteiger partial charge in [-0.15, -0.1) is 0 Å². The lowest BCUT2D eigenvalue weighted by Gasteiger charge is -2.45. The highest BCUT2D eigenvalue weighted by atomic mass is 16.5. The zero-order valence-electron chi connectivity index (χ0n) is 12.2. The second kappa shape index (κ2) is 6.55. The molecule has 0 heterocycles. The van der Waals surface area contributed by atoms with Crippen molar-refractivity contribution < 1.29 is 14.6 Å². The van der Waals surface area contributed by atoms with Crippen LogP contribution < -0.4 is 0 Å². The Kier molecular flexibility index (Phi) is 5.64. The van der Waals surface area contributed by atoms with Gasteiger partial charge in [-0.3, -0.25) is 4.79 Å². The molecule has 1 aliphatic carbocycles. The molecule has 0 aliphatic heterocycles. The third-order valence-corrected chi connectivity index (χ3v) is 4.33. The van der Waals surface area contributed by atoms with Crippen LogP contribution >= 0.6 is 0 Å². The van der Waals surface area contributed by atoms with Crippen LogP contribution in [0.4, 0.5) is 0 Å². The van der Waals surface area contributed by atoms with E-state index < -0.39 is 5.60 Å². The van der Waals surface area contributed by atoms with Crippen LogP contribution in [0.1, 0.15) is 59.8 Å². The second-order valence-electron chi connectivity index (χ2n) is 5.82. The monoisotopic (exact) mass is 256 g/mol. The molecule has 0 aromatic heterocycles. The topological polar surface area (TPSA) is 46.5 Å². The summed E-state index contributed by atoms with van der Waals surface area (Å²) in [6.07, 6.45) is 4.85. The van der Waals surface area contributed by atoms with Gasteiger partial charge in [-0.1, -0.05) is 40.0 Å². The molecule has 1 aliphatic rings. The molecule has 3 atom stereocenters. The van der Waals surface area contributed by atoms with Crippen molar-refractivity contribution in [1.29, 1.82) is 0 Å². The number of ether oxygens (including phenoxy) is 1. The summed E-state index contributed by atoms with van der Waals surface area (Å²) in [6.45, 7) is 8.30. The molecule has 0 saturated heterocycles. The minimum Gasteiger partial charge on any atom is -0.466 e. The molecule has 3 nitrogen and oxygen atoms in total. The fraction of sp³-hybridized carbons (Fsp3) is 0.933. The molecule has 18 heavy (non-hydrogen) atoms. The first-order valence-corrected chi connectivity index (χ1v) is 7.36. The Hall–Kier alpha value is -0.570. The van der Waals surface area contributed by atoms with Crippen molar-refractivity contribution in [1.82, 2.24) is 0 Å². The van der Waals surface area contributed by atoms with Gasteiger partial charge in [0.15, 0.2) is 0 Å². The second-order valence-corrected chi connectivity index (χ2v) is 5.82. The molecular formula is C15H28O3. The molecule has 1 N–H and O–H groups in total. The first kappa shape index (κ1) is 15.5. The molecule has 0 aromatic rings. The largest absolute Gasteiger partial charge is 0.466 e. The first-order chi connectivity index (χ1) is 8.47. The van der Waals surface area contributed by atoms with Crippen LogP contribution in [-0.2, 0) is 9.53 Å². The average Bonchev–Trinajstić information content (AvgIpc) is 2.29. The van der Waals surface area contributed by atoms with Crippen LogP contribution in [0.2, 0.25) is 0 Å². The van der Waals surface area contributed by atoms with Gasteiger partial charge >= 0.3 is 5.97 Å². The number of hydrogen-bond donors (Lipinski definition) is 1. The minimum absolute atomic E-state index is 0.112. The van der Waals surface area contributed by atoms with Crippen molar-refractivity contribution in [2.75, 3.05) is 6.61 Å². The molecule has 1 rings (SSSR count). The molecule has 106 valence electrons. The van der Waals surface area contributed by atoms with E-state index in [1.807, 2.05) is 20.8 Å². The van der Waals surface area contributed by atoms with Gasteiger partial charge in [0.05, 0.1) is 18.1 Å². The Morgan fingerprint density at radius 1 is 1.39 bits per heavy atom. The van der Waals surface area contributed by atoms with Gasteiger partial charge < -0.3 is 9.84 Å². The Morgan fingerprint density at radius 2 is 2.06 bits per heavy atom. The highest BCUT2D eigenvalue weighted by molar-refractivity contribution is 5.74. The fourth-order valence-electron chi connectivity index (χ4n) is 3.51. The smallest absolute Gasteiger partial charge is 0.312 e. The summed E-state index contributed by atoms with van der Waals surface area (Å²) in [5, 5.41) is 11.1. The van der Waals surface area contributed by atoms with Crippen LogP contribution in [0.3, 0.4) is 0 Å². The van der Waals surface area contributed by atoms with Gasteiger partial charge in [0.1, 0.15) is 0 Å². The lowest BCUT2D eigenvalue weighted by Crippen LogP contribution is -2.52. The Morgan fingerprint density at radius 3 is 2.56 bits per heavy atom. The van der Waals surface area contributed by atoms with Crippen LogP contribution in [0, 0.1) is 17.8 Å². The molecule has 1 saturated carbocycles. The fourth-order valence-corrected chi connectivity index (χ4v) is 3.51. The van der Waals surface area contributed by atoms with Crippen molar-refractivity contribution in [2.45, 2.75) is 65.4 Å². The number of hydrogen-bond acceptors (Lipinski definition) is 3. The van der Waals surface area contributed by atoms with Crippen LogP contribution in [0.5, 0.6) is 0 Å². The standard InChI is InChI=1S/C15H28O3/c1-5-12-9-7-8-10-15(12,17)13(11(3)4)14(16)18-6-2/h11-13,17H,5-10H2,1-4H3. The van der Waals surface area contributed by atoms with Gasteiger partial charge in [0.25, 0.3) is 0 Å². The molecule has 0 amide bonds. The summed E-state index contributed by atoms with van der Waals surface area (Å²) in [4.78, 5) is 12.2. The zero-order valence-corrected chi connectivity index (χ0v) is 12.2. The number of rotatable bonds is 5. The van der Waals surface area contributed by atoms with Crippen molar-refractivity contribution in [3.8, 4) is 0 Å². The first-order valence-electron chi connectivity index (χ1n) is 7.36. The summed E-state index contributed by atoms with van der Waals surface area (Å²) >= 11 is 0. The van der Waals surface area contributed by atoms with E-state index in [1.165, 1.54) is 0 Å². The summed E-state index contributed by atoms with van der Waals surface area (Å²) in [5.74, 6) is -0.276. The maximum atomic E-state index is 12.2. The third kappa shape index (κ3) is 3.05. The molecule has 0 radical (unpaired) electrons. The third-order valence-electron chi connectivity index (χ3n) is 4.33. The molecule has 1 fully saturated rings. The predicted molar refractivity (Wildman–Crippen MR) is 72.2 cm³/mol. The van der Waals surface area contributed by atoms with E-state index in [1.54, 1.807) is 0 Å². The SMILES string of the molecule is CCOC(=O)C(C(C)C)C1(O)CCCCC1CC. The normalized spacial score (nSPS) is 30.2. The number of carbonyl (C=O) groups excluding carboxylic acids is 1. The van der Waals surface area contributed by atoms with E-state index in [0.29, 0.717) is 6.61 Å². The van der Waals surface area contributed by atoms with Gasteiger partial charge in [0, 0.05) is 0 Å². The van der Waals surface area contributed by atoms with Crippen LogP contribution in [0.15, 0.2) is 0 Å². The molecule has 3 unspecified atom stereocenters. The highest BCUT2D eigenvalue weighted by Crippen LogP contribution is 2.44. The van der Waals surface area contributed by atoms with E-state index in [2.05, 4.69) is 6.92 Å². The van der Waals surface area contributed by atoms with Crippen molar-refractivity contribution in [2.24, 2.45) is 17.8 Å². The Balaban J connectivity index is 2.97. The lowest BCUT2D eigenvalue weighted by atomic mass is 9.64. The molecule has 0 spiro atoms. The van der Waals surface area contributed by atoms with Gasteiger partial charge in [0.2, 0.25) is 0 Å². The summed E-state index contributed by atoms with van der Waals surface area (Å²) in [5.41, 5.74) is -0.868. The highest BCUT2D eigenvalue weighted by Gasteiger charge is 2.49. The Labute approximate surface area is 111 Å². The quantitative estimate of drug-likeness (QED) is 0.769. The van der Waals surface area contributed by atoms with Crippen LogP contribution in [0.25, 0.3) is 0 Å². The maximum Gasteiger partial charge on any atom is 0.312 e. The van der Waals surface area contributed by atoms with Crippen molar-refractivity contribution in [3.05, 3.63) is 0 Å². The van der Waals surface area contributed by atoms with Gasteiger partial charge in [-0.25, -0.2) is 0 Å². The van der Waals surface area contributed by atoms with E-state index in [0.717, 1.165) is 32.1 Å². The van der Waals surface area contributed by atoms with Crippen LogP contribution in [-0.4, -0.2) is 23.3 Å². The van der Waals surface area contributed by atoms with Gasteiger partial charge in [-0.05, 0) is 31.6 Å². The number of esters is 1. The molecule has 0 aromatic carbocycles. The van der Waals surface area contributed by atoms with E-state index in [9.17, 15) is 9.90 Å². The minimum atomic E-state index is -0.868. The summed E-state index contributed by atoms with van der Waals surface area (Å²) in [6, 6.07) is 0. The van der Waals surface area contributed by atoms with Gasteiger partial charge in [-0.2, -0.15) is 0 Å².